The van der Waals surface area contributed by atoms with Gasteiger partial charge in [0.2, 0.25) is 0 Å². The summed E-state index contributed by atoms with van der Waals surface area (Å²) in [5, 5.41) is 0. The smallest absolute Gasteiger partial charge is 0.122 e. The minimum absolute atomic E-state index is 0.148. The first-order chi connectivity index (χ1) is 13.5. The molecule has 2 aliphatic heterocycles. The lowest BCUT2D eigenvalue weighted by Gasteiger charge is -2.41. The van der Waals surface area contributed by atoms with Crippen LogP contribution in [0.15, 0.2) is 96.8 Å². The van der Waals surface area contributed by atoms with Gasteiger partial charge in [-0.15, -0.1) is 0 Å². The fourth-order valence-corrected chi connectivity index (χ4v) is 3.63. The number of nitrogens with zero attached hydrogens (tertiary/aromatic N) is 2. The molecule has 142 valence electrons. The van der Waals surface area contributed by atoms with Crippen LogP contribution in [0.5, 0.6) is 0 Å². The fraction of sp³-hybridized carbons (Fsp3) is 0.167. The van der Waals surface area contributed by atoms with Crippen LogP contribution in [0.4, 0.5) is 15.8 Å². The zero-order chi connectivity index (χ0) is 19.7. The Morgan fingerprint density at radius 3 is 1.71 bits per heavy atom. The molecule has 0 aromatic heterocycles. The monoisotopic (exact) mass is 373 g/mol. The van der Waals surface area contributed by atoms with Gasteiger partial charge in [0.1, 0.15) is 5.83 Å². The van der Waals surface area contributed by atoms with Crippen molar-refractivity contribution in [2.45, 2.75) is 25.9 Å². The lowest BCUT2D eigenvalue weighted by atomic mass is 9.97. The Morgan fingerprint density at radius 1 is 0.714 bits per heavy atom. The lowest BCUT2D eigenvalue weighted by Crippen LogP contribution is -2.49. The molecule has 2 aromatic rings. The molecule has 0 bridgehead atoms. The lowest BCUT2D eigenvalue weighted by molar-refractivity contribution is 0.596. The zero-order valence-electron chi connectivity index (χ0n) is 16.1. The van der Waals surface area contributed by atoms with E-state index in [1.165, 1.54) is 17.2 Å². The van der Waals surface area contributed by atoms with Crippen LogP contribution in [0.3, 0.4) is 0 Å². The van der Waals surface area contributed by atoms with E-state index in [2.05, 4.69) is 72.2 Å². The molecule has 28 heavy (non-hydrogen) atoms. The molecule has 0 saturated heterocycles. The highest BCUT2D eigenvalue weighted by Crippen LogP contribution is 2.32. The minimum atomic E-state index is -0.238. The van der Waals surface area contributed by atoms with E-state index in [0.717, 1.165) is 11.4 Å². The van der Waals surface area contributed by atoms with Crippen molar-refractivity contribution in [2.75, 3.05) is 9.80 Å². The normalized spacial score (nSPS) is 21.5. The van der Waals surface area contributed by atoms with Gasteiger partial charge in [-0.3, -0.25) is 0 Å². The Hall–Kier alpha value is -3.27. The molecular weight excluding hydrogens is 349 g/mol. The standard InChI is InChI=1S/C24H24FN3/c1-17-3-7-21(8-4-17)27-13-11-19(25)15-23(27)24-16-20(26)12-14-28(24)22-9-5-18(2)6-10-22/h3-16,23-24H,26H2,1-2H3/t23-,24-/m1/s1. The number of anilines is 2. The summed E-state index contributed by atoms with van der Waals surface area (Å²) in [5.74, 6) is -0.237. The summed E-state index contributed by atoms with van der Waals surface area (Å²) < 4.78 is 14.3. The van der Waals surface area contributed by atoms with Gasteiger partial charge in [-0.2, -0.15) is 0 Å². The Labute approximate surface area is 165 Å². The van der Waals surface area contributed by atoms with Crippen molar-refractivity contribution in [3.63, 3.8) is 0 Å². The Kier molecular flexibility index (Phi) is 4.78. The molecule has 2 aliphatic rings. The number of hydrogen-bond acceptors (Lipinski definition) is 3. The molecule has 0 saturated carbocycles. The van der Waals surface area contributed by atoms with E-state index in [1.54, 1.807) is 12.3 Å². The molecule has 0 fully saturated rings. The van der Waals surface area contributed by atoms with E-state index in [-0.39, 0.29) is 17.9 Å². The molecule has 0 aliphatic carbocycles. The summed E-state index contributed by atoms with van der Waals surface area (Å²) in [6, 6.07) is 16.2. The highest BCUT2D eigenvalue weighted by atomic mass is 19.1. The number of hydrogen-bond donors (Lipinski definition) is 1. The summed E-state index contributed by atoms with van der Waals surface area (Å²) >= 11 is 0. The van der Waals surface area contributed by atoms with Crippen molar-refractivity contribution < 1.29 is 4.39 Å². The quantitative estimate of drug-likeness (QED) is 0.812. The summed E-state index contributed by atoms with van der Waals surface area (Å²) in [6.07, 6.45) is 10.8. The van der Waals surface area contributed by atoms with Crippen molar-refractivity contribution >= 4 is 11.4 Å². The molecule has 2 atom stereocenters. The van der Waals surface area contributed by atoms with Crippen LogP contribution < -0.4 is 15.5 Å². The number of nitrogens with two attached hydrogens (primary N) is 1. The number of allylic oxidation sites excluding steroid dienone is 3. The molecule has 2 N–H and O–H groups in total. The van der Waals surface area contributed by atoms with E-state index >= 15 is 0 Å². The van der Waals surface area contributed by atoms with Crippen molar-refractivity contribution in [3.05, 3.63) is 108 Å². The summed E-state index contributed by atoms with van der Waals surface area (Å²) in [6.45, 7) is 4.12. The summed E-state index contributed by atoms with van der Waals surface area (Å²) in [4.78, 5) is 4.24. The van der Waals surface area contributed by atoms with Gasteiger partial charge >= 0.3 is 0 Å². The van der Waals surface area contributed by atoms with Crippen LogP contribution in [0.2, 0.25) is 0 Å². The van der Waals surface area contributed by atoms with E-state index in [0.29, 0.717) is 5.70 Å². The predicted octanol–water partition coefficient (Wildman–Crippen LogP) is 5.10. The molecule has 2 heterocycles. The third-order valence-electron chi connectivity index (χ3n) is 5.17. The third-order valence-corrected chi connectivity index (χ3v) is 5.17. The van der Waals surface area contributed by atoms with Gasteiger partial charge in [0.05, 0.1) is 12.1 Å². The SMILES string of the molecule is Cc1ccc(N2C=CC(N)=C[C@@H]2[C@H]2C=C(F)C=CN2c2ccc(C)cc2)cc1. The Bertz CT molecular complexity index is 886. The van der Waals surface area contributed by atoms with E-state index in [9.17, 15) is 4.39 Å². The van der Waals surface area contributed by atoms with Crippen molar-refractivity contribution in [3.8, 4) is 0 Å². The average Bonchev–Trinajstić information content (AvgIpc) is 2.69. The third kappa shape index (κ3) is 3.58. The maximum atomic E-state index is 14.3. The first-order valence-corrected chi connectivity index (χ1v) is 9.42. The first-order valence-electron chi connectivity index (χ1n) is 9.42. The molecule has 0 radical (unpaired) electrons. The molecule has 0 unspecified atom stereocenters. The second kappa shape index (κ2) is 7.39. The van der Waals surface area contributed by atoms with Crippen molar-refractivity contribution in [1.29, 1.82) is 0 Å². The van der Waals surface area contributed by atoms with Gasteiger partial charge in [-0.05, 0) is 62.4 Å². The van der Waals surface area contributed by atoms with Gasteiger partial charge in [-0.1, -0.05) is 35.4 Å². The second-order valence-corrected chi connectivity index (χ2v) is 7.32. The van der Waals surface area contributed by atoms with Crippen molar-refractivity contribution in [1.82, 2.24) is 0 Å². The van der Waals surface area contributed by atoms with Crippen LogP contribution in [0.1, 0.15) is 11.1 Å². The van der Waals surface area contributed by atoms with Crippen LogP contribution >= 0.6 is 0 Å². The average molecular weight is 373 g/mol. The van der Waals surface area contributed by atoms with Crippen molar-refractivity contribution in [2.24, 2.45) is 5.73 Å². The maximum absolute atomic E-state index is 14.3. The molecule has 0 amide bonds. The number of benzene rings is 2. The van der Waals surface area contributed by atoms with Crippen LogP contribution in [-0.2, 0) is 0 Å². The topological polar surface area (TPSA) is 32.5 Å². The maximum Gasteiger partial charge on any atom is 0.122 e. The molecular formula is C24H24FN3. The Balaban J connectivity index is 1.75. The summed E-state index contributed by atoms with van der Waals surface area (Å²) in [5.41, 5.74) is 11.3. The second-order valence-electron chi connectivity index (χ2n) is 7.32. The number of aryl methyl sites for hydroxylation is 2. The van der Waals surface area contributed by atoms with Crippen LogP contribution in [-0.4, -0.2) is 12.1 Å². The molecule has 0 spiro atoms. The molecule has 4 heteroatoms. The first kappa shape index (κ1) is 18.1. The molecule has 2 aromatic carbocycles. The van der Waals surface area contributed by atoms with E-state index in [1.807, 2.05) is 18.4 Å². The van der Waals surface area contributed by atoms with Crippen LogP contribution in [0.25, 0.3) is 0 Å². The largest absolute Gasteiger partial charge is 0.399 e. The number of halogens is 1. The van der Waals surface area contributed by atoms with Gasteiger partial charge < -0.3 is 15.5 Å². The molecule has 3 nitrogen and oxygen atoms in total. The highest BCUT2D eigenvalue weighted by molar-refractivity contribution is 5.60. The van der Waals surface area contributed by atoms with Gasteiger partial charge in [-0.25, -0.2) is 4.39 Å². The van der Waals surface area contributed by atoms with Gasteiger partial charge in [0, 0.05) is 29.5 Å². The zero-order valence-corrected chi connectivity index (χ0v) is 16.1. The number of rotatable bonds is 3. The Morgan fingerprint density at radius 2 is 1.18 bits per heavy atom. The highest BCUT2D eigenvalue weighted by Gasteiger charge is 2.32. The minimum Gasteiger partial charge on any atom is -0.399 e. The summed E-state index contributed by atoms with van der Waals surface area (Å²) in [7, 11) is 0. The molecule has 4 rings (SSSR count). The van der Waals surface area contributed by atoms with Gasteiger partial charge in [0.15, 0.2) is 0 Å². The van der Waals surface area contributed by atoms with E-state index < -0.39 is 0 Å². The van der Waals surface area contributed by atoms with Crippen LogP contribution in [0, 0.1) is 13.8 Å². The fourth-order valence-electron chi connectivity index (χ4n) is 3.63. The predicted molar refractivity (Wildman–Crippen MR) is 115 cm³/mol. The van der Waals surface area contributed by atoms with E-state index in [4.69, 9.17) is 5.73 Å². The van der Waals surface area contributed by atoms with Gasteiger partial charge in [0.25, 0.3) is 0 Å².